The SMILES string of the molecule is Cc1c(NC(=O)c2ccc3ncccc3c2)cccc1C(=O)NC(C)(C)C. The number of fused-ring (bicyclic) bond motifs is 1. The van der Waals surface area contributed by atoms with Gasteiger partial charge in [-0.2, -0.15) is 0 Å². The quantitative estimate of drug-likeness (QED) is 0.730. The second-order valence-corrected chi connectivity index (χ2v) is 7.55. The van der Waals surface area contributed by atoms with Crippen LogP contribution in [-0.4, -0.2) is 22.3 Å². The number of carbonyl (C=O) groups is 2. The second-order valence-electron chi connectivity index (χ2n) is 7.55. The molecular formula is C22H23N3O2. The van der Waals surface area contributed by atoms with Crippen LogP contribution < -0.4 is 10.6 Å². The number of carbonyl (C=O) groups excluding carboxylic acids is 2. The first-order valence-corrected chi connectivity index (χ1v) is 8.83. The molecule has 0 saturated heterocycles. The monoisotopic (exact) mass is 361 g/mol. The Morgan fingerprint density at radius 3 is 2.48 bits per heavy atom. The summed E-state index contributed by atoms with van der Waals surface area (Å²) in [5.74, 6) is -0.384. The molecular weight excluding hydrogens is 338 g/mol. The fourth-order valence-electron chi connectivity index (χ4n) is 2.84. The van der Waals surface area contributed by atoms with E-state index in [-0.39, 0.29) is 17.4 Å². The predicted octanol–water partition coefficient (Wildman–Crippen LogP) is 4.32. The highest BCUT2D eigenvalue weighted by Gasteiger charge is 2.18. The number of amides is 2. The molecule has 0 atom stereocenters. The highest BCUT2D eigenvalue weighted by atomic mass is 16.2. The van der Waals surface area contributed by atoms with Crippen molar-refractivity contribution in [3.63, 3.8) is 0 Å². The predicted molar refractivity (Wildman–Crippen MR) is 108 cm³/mol. The summed E-state index contributed by atoms with van der Waals surface area (Å²) in [6.07, 6.45) is 1.72. The zero-order chi connectivity index (χ0) is 19.6. The Balaban J connectivity index is 1.85. The maximum atomic E-state index is 12.7. The molecule has 2 amide bonds. The summed E-state index contributed by atoms with van der Waals surface area (Å²) < 4.78 is 0. The van der Waals surface area contributed by atoms with Crippen LogP contribution in [0.25, 0.3) is 10.9 Å². The van der Waals surface area contributed by atoms with Crippen LogP contribution >= 0.6 is 0 Å². The number of aromatic nitrogens is 1. The molecule has 0 aliphatic rings. The number of anilines is 1. The molecule has 5 heteroatoms. The van der Waals surface area contributed by atoms with Crippen molar-refractivity contribution in [2.75, 3.05) is 5.32 Å². The number of hydrogen-bond acceptors (Lipinski definition) is 3. The molecule has 0 bridgehead atoms. The molecule has 0 saturated carbocycles. The summed E-state index contributed by atoms with van der Waals surface area (Å²) in [7, 11) is 0. The van der Waals surface area contributed by atoms with Gasteiger partial charge in [0, 0.05) is 33.9 Å². The standard InChI is InChI=1S/C22H23N3O2/c1-14-17(21(27)25-22(2,3)4)8-5-9-18(14)24-20(26)16-10-11-19-15(13-16)7-6-12-23-19/h5-13H,1-4H3,(H,24,26)(H,25,27). The lowest BCUT2D eigenvalue weighted by molar-refractivity contribution is 0.0918. The minimum Gasteiger partial charge on any atom is -0.347 e. The van der Waals surface area contributed by atoms with Crippen LogP contribution in [0.1, 0.15) is 47.1 Å². The van der Waals surface area contributed by atoms with E-state index in [4.69, 9.17) is 0 Å². The lowest BCUT2D eigenvalue weighted by atomic mass is 10.0. The third-order valence-electron chi connectivity index (χ3n) is 4.18. The Bertz CT molecular complexity index is 1020. The van der Waals surface area contributed by atoms with Crippen molar-refractivity contribution in [1.29, 1.82) is 0 Å². The lowest BCUT2D eigenvalue weighted by Crippen LogP contribution is -2.40. The summed E-state index contributed by atoms with van der Waals surface area (Å²) in [5, 5.41) is 6.76. The number of nitrogens with zero attached hydrogens (tertiary/aromatic N) is 1. The fraction of sp³-hybridized carbons (Fsp3) is 0.227. The third-order valence-corrected chi connectivity index (χ3v) is 4.18. The Labute approximate surface area is 158 Å². The zero-order valence-corrected chi connectivity index (χ0v) is 16.0. The molecule has 27 heavy (non-hydrogen) atoms. The molecule has 138 valence electrons. The van der Waals surface area contributed by atoms with Crippen LogP contribution in [0.2, 0.25) is 0 Å². The van der Waals surface area contributed by atoms with Crippen molar-refractivity contribution < 1.29 is 9.59 Å². The molecule has 0 radical (unpaired) electrons. The first-order chi connectivity index (χ1) is 12.7. The molecule has 2 N–H and O–H groups in total. The smallest absolute Gasteiger partial charge is 0.255 e. The van der Waals surface area contributed by atoms with Gasteiger partial charge in [0.15, 0.2) is 0 Å². The first kappa shape index (κ1) is 18.6. The van der Waals surface area contributed by atoms with E-state index in [1.807, 2.05) is 52.0 Å². The Morgan fingerprint density at radius 1 is 0.963 bits per heavy atom. The minimum absolute atomic E-state index is 0.159. The van der Waals surface area contributed by atoms with Gasteiger partial charge >= 0.3 is 0 Å². The average molecular weight is 361 g/mol. The van der Waals surface area contributed by atoms with E-state index in [2.05, 4.69) is 15.6 Å². The van der Waals surface area contributed by atoms with E-state index in [1.165, 1.54) is 0 Å². The normalized spacial score (nSPS) is 11.3. The molecule has 2 aromatic carbocycles. The van der Waals surface area contributed by atoms with Crippen molar-refractivity contribution >= 4 is 28.4 Å². The van der Waals surface area contributed by atoms with Gasteiger partial charge in [0.25, 0.3) is 11.8 Å². The van der Waals surface area contributed by atoms with Crippen molar-refractivity contribution in [2.24, 2.45) is 0 Å². The topological polar surface area (TPSA) is 71.1 Å². The molecule has 1 heterocycles. The molecule has 0 aliphatic heterocycles. The lowest BCUT2D eigenvalue weighted by Gasteiger charge is -2.21. The van der Waals surface area contributed by atoms with Crippen LogP contribution in [0.15, 0.2) is 54.7 Å². The first-order valence-electron chi connectivity index (χ1n) is 8.83. The van der Waals surface area contributed by atoms with E-state index < -0.39 is 0 Å². The van der Waals surface area contributed by atoms with Gasteiger partial charge in [-0.3, -0.25) is 14.6 Å². The number of rotatable bonds is 3. The molecule has 0 aliphatic carbocycles. The van der Waals surface area contributed by atoms with Gasteiger partial charge in [0.05, 0.1) is 5.52 Å². The van der Waals surface area contributed by atoms with Gasteiger partial charge < -0.3 is 10.6 Å². The van der Waals surface area contributed by atoms with Crippen LogP contribution in [-0.2, 0) is 0 Å². The fourth-order valence-corrected chi connectivity index (χ4v) is 2.84. The van der Waals surface area contributed by atoms with Crippen molar-refractivity contribution in [3.05, 3.63) is 71.4 Å². The molecule has 1 aromatic heterocycles. The van der Waals surface area contributed by atoms with Crippen LogP contribution in [0.3, 0.4) is 0 Å². The molecule has 3 aromatic rings. The van der Waals surface area contributed by atoms with Gasteiger partial charge in [-0.05, 0) is 69.7 Å². The van der Waals surface area contributed by atoms with Gasteiger partial charge in [-0.25, -0.2) is 0 Å². The van der Waals surface area contributed by atoms with Gasteiger partial charge in [0.1, 0.15) is 0 Å². The van der Waals surface area contributed by atoms with Crippen LogP contribution in [0.5, 0.6) is 0 Å². The largest absolute Gasteiger partial charge is 0.347 e. The van der Waals surface area contributed by atoms with Crippen molar-refractivity contribution in [1.82, 2.24) is 10.3 Å². The Hall–Kier alpha value is -3.21. The number of nitrogens with one attached hydrogen (secondary N) is 2. The Morgan fingerprint density at radius 2 is 1.74 bits per heavy atom. The number of pyridine rings is 1. The van der Waals surface area contributed by atoms with Crippen molar-refractivity contribution in [3.8, 4) is 0 Å². The highest BCUT2D eigenvalue weighted by Crippen LogP contribution is 2.21. The van der Waals surface area contributed by atoms with Crippen LogP contribution in [0.4, 0.5) is 5.69 Å². The number of hydrogen-bond donors (Lipinski definition) is 2. The van der Waals surface area contributed by atoms with E-state index >= 15 is 0 Å². The van der Waals surface area contributed by atoms with Gasteiger partial charge in [-0.15, -0.1) is 0 Å². The number of benzene rings is 2. The molecule has 0 spiro atoms. The Kier molecular flexibility index (Phi) is 4.95. The third kappa shape index (κ3) is 4.31. The van der Waals surface area contributed by atoms with Gasteiger partial charge in [0.2, 0.25) is 0 Å². The van der Waals surface area contributed by atoms with E-state index in [0.29, 0.717) is 16.8 Å². The second kappa shape index (κ2) is 7.19. The summed E-state index contributed by atoms with van der Waals surface area (Å²) in [6.45, 7) is 7.62. The molecule has 0 unspecified atom stereocenters. The minimum atomic E-state index is -0.331. The maximum Gasteiger partial charge on any atom is 0.255 e. The van der Waals surface area contributed by atoms with E-state index in [1.54, 1.807) is 30.5 Å². The summed E-state index contributed by atoms with van der Waals surface area (Å²) in [6, 6.07) is 14.5. The molecule has 5 nitrogen and oxygen atoms in total. The van der Waals surface area contributed by atoms with Crippen LogP contribution in [0, 0.1) is 6.92 Å². The summed E-state index contributed by atoms with van der Waals surface area (Å²) in [4.78, 5) is 29.5. The van der Waals surface area contributed by atoms with Crippen molar-refractivity contribution in [2.45, 2.75) is 33.2 Å². The summed E-state index contributed by atoms with van der Waals surface area (Å²) in [5.41, 5.74) is 2.95. The summed E-state index contributed by atoms with van der Waals surface area (Å²) >= 11 is 0. The maximum absolute atomic E-state index is 12.7. The zero-order valence-electron chi connectivity index (χ0n) is 16.0. The van der Waals surface area contributed by atoms with E-state index in [9.17, 15) is 9.59 Å². The van der Waals surface area contributed by atoms with E-state index in [0.717, 1.165) is 16.5 Å². The van der Waals surface area contributed by atoms with Gasteiger partial charge in [-0.1, -0.05) is 12.1 Å². The molecule has 0 fully saturated rings. The molecule has 3 rings (SSSR count). The highest BCUT2D eigenvalue weighted by molar-refractivity contribution is 6.07. The average Bonchev–Trinajstić information content (AvgIpc) is 2.61.